The minimum atomic E-state index is -0.679. The number of aliphatic hydroxyl groups is 1. The lowest BCUT2D eigenvalue weighted by Gasteiger charge is -2.16. The van der Waals surface area contributed by atoms with Crippen LogP contribution in [-0.4, -0.2) is 25.6 Å². The number of halogens is 2. The van der Waals surface area contributed by atoms with E-state index in [1.807, 2.05) is 89.6 Å². The zero-order valence-corrected chi connectivity index (χ0v) is 20.9. The minimum Gasteiger partial charge on any atom is -0.389 e. The summed E-state index contributed by atoms with van der Waals surface area (Å²) in [5, 5.41) is 19.6. The molecule has 36 heavy (non-hydrogen) atoms. The number of fused-ring (bicyclic) bond motifs is 3. The van der Waals surface area contributed by atoms with Gasteiger partial charge in [0.15, 0.2) is 0 Å². The molecule has 0 saturated heterocycles. The van der Waals surface area contributed by atoms with Gasteiger partial charge in [0.2, 0.25) is 0 Å². The number of nitrogens with zero attached hydrogens (tertiary/aromatic N) is 3. The van der Waals surface area contributed by atoms with Crippen molar-refractivity contribution in [1.29, 1.82) is 0 Å². The lowest BCUT2D eigenvalue weighted by molar-refractivity contribution is 0.133. The Morgan fingerprint density at radius 1 is 0.667 bits per heavy atom. The first-order valence-corrected chi connectivity index (χ1v) is 12.6. The molecule has 4 aromatic carbocycles. The molecule has 178 valence electrons. The largest absolute Gasteiger partial charge is 0.389 e. The van der Waals surface area contributed by atoms with E-state index in [2.05, 4.69) is 22.8 Å². The first-order chi connectivity index (χ1) is 17.6. The van der Waals surface area contributed by atoms with Gasteiger partial charge in [0.1, 0.15) is 0 Å². The third-order valence-corrected chi connectivity index (χ3v) is 6.96. The van der Waals surface area contributed by atoms with Gasteiger partial charge in [-0.05, 0) is 48.0 Å². The number of aromatic nitrogens is 3. The highest BCUT2D eigenvalue weighted by atomic mass is 35.5. The molecule has 0 aliphatic heterocycles. The Morgan fingerprint density at radius 2 is 1.22 bits per heavy atom. The Labute approximate surface area is 218 Å². The molecule has 2 heterocycles. The molecule has 0 bridgehead atoms. The summed E-state index contributed by atoms with van der Waals surface area (Å²) in [5.41, 5.74) is 5.95. The van der Waals surface area contributed by atoms with E-state index in [9.17, 15) is 5.11 Å². The van der Waals surface area contributed by atoms with E-state index >= 15 is 0 Å². The molecule has 0 aliphatic rings. The average Bonchev–Trinajstić information content (AvgIpc) is 3.44. The maximum Gasteiger partial charge on any atom is 0.0929 e. The summed E-state index contributed by atoms with van der Waals surface area (Å²) in [6.45, 7) is 0.747. The molecule has 6 heteroatoms. The first-order valence-electron chi connectivity index (χ1n) is 11.8. The van der Waals surface area contributed by atoms with Crippen molar-refractivity contribution in [3.05, 3.63) is 113 Å². The second kappa shape index (κ2) is 9.47. The van der Waals surface area contributed by atoms with Crippen LogP contribution in [0.15, 0.2) is 103 Å². The Kier molecular flexibility index (Phi) is 6.02. The highest BCUT2D eigenvalue weighted by Gasteiger charge is 2.18. The van der Waals surface area contributed by atoms with Crippen LogP contribution in [0.5, 0.6) is 0 Å². The van der Waals surface area contributed by atoms with E-state index in [-0.39, 0.29) is 0 Å². The van der Waals surface area contributed by atoms with E-state index in [1.165, 1.54) is 0 Å². The third kappa shape index (κ3) is 4.28. The molecule has 4 nitrogen and oxygen atoms in total. The number of aliphatic hydroxyl groups excluding tert-OH is 1. The number of hydrogen-bond acceptors (Lipinski definition) is 2. The number of rotatable bonds is 6. The predicted molar refractivity (Wildman–Crippen MR) is 149 cm³/mol. The lowest BCUT2D eigenvalue weighted by Crippen LogP contribution is -2.23. The zero-order chi connectivity index (χ0) is 24.6. The van der Waals surface area contributed by atoms with Gasteiger partial charge < -0.3 is 9.67 Å². The van der Waals surface area contributed by atoms with E-state index in [0.717, 1.165) is 44.3 Å². The summed E-state index contributed by atoms with van der Waals surface area (Å²) >= 11 is 12.6. The second-order valence-electron chi connectivity index (χ2n) is 8.92. The third-order valence-electron chi connectivity index (χ3n) is 6.49. The van der Waals surface area contributed by atoms with Crippen molar-refractivity contribution in [1.82, 2.24) is 14.3 Å². The summed E-state index contributed by atoms with van der Waals surface area (Å²) in [5.74, 6) is 0. The van der Waals surface area contributed by atoms with Crippen molar-refractivity contribution in [2.45, 2.75) is 19.2 Å². The predicted octanol–water partition coefficient (Wildman–Crippen LogP) is 7.69. The monoisotopic (exact) mass is 511 g/mol. The Balaban J connectivity index is 1.38. The lowest BCUT2D eigenvalue weighted by atomic mass is 10.1. The fourth-order valence-electron chi connectivity index (χ4n) is 4.86. The van der Waals surface area contributed by atoms with E-state index in [4.69, 9.17) is 28.3 Å². The van der Waals surface area contributed by atoms with Crippen LogP contribution >= 0.6 is 23.2 Å². The van der Waals surface area contributed by atoms with Crippen LogP contribution < -0.4 is 0 Å². The molecule has 2 aromatic heterocycles. The highest BCUT2D eigenvalue weighted by molar-refractivity contribution is 6.33. The Hall–Kier alpha value is -3.57. The van der Waals surface area contributed by atoms with Crippen molar-refractivity contribution >= 4 is 45.0 Å². The standard InChI is InChI=1S/C30H23Cl2N3O/c31-22-11-13-28-25(15-22)26-16-23(32)12-14-29(26)34(28)18-24(36)19-35-30(21-9-5-2-6-10-21)17-27(33-35)20-7-3-1-4-8-20/h1-17,24,36H,18-19H2. The van der Waals surface area contributed by atoms with Crippen LogP contribution in [0.4, 0.5) is 0 Å². The van der Waals surface area contributed by atoms with Crippen LogP contribution in [0.25, 0.3) is 44.3 Å². The van der Waals surface area contributed by atoms with Crippen molar-refractivity contribution < 1.29 is 5.11 Å². The summed E-state index contributed by atoms with van der Waals surface area (Å²) in [4.78, 5) is 0. The van der Waals surface area contributed by atoms with Gasteiger partial charge in [-0.1, -0.05) is 83.9 Å². The van der Waals surface area contributed by atoms with Crippen molar-refractivity contribution in [2.24, 2.45) is 0 Å². The molecule has 1 N–H and O–H groups in total. The summed E-state index contributed by atoms with van der Waals surface area (Å²) in [7, 11) is 0. The maximum absolute atomic E-state index is 11.3. The first kappa shape index (κ1) is 22.9. The van der Waals surface area contributed by atoms with Crippen molar-refractivity contribution in [2.75, 3.05) is 0 Å². The fourth-order valence-corrected chi connectivity index (χ4v) is 5.20. The fraction of sp³-hybridized carbons (Fsp3) is 0.100. The molecule has 0 spiro atoms. The van der Waals surface area contributed by atoms with Crippen molar-refractivity contribution in [3.63, 3.8) is 0 Å². The van der Waals surface area contributed by atoms with Gasteiger partial charge in [-0.3, -0.25) is 4.68 Å². The molecule has 0 fully saturated rings. The van der Waals surface area contributed by atoms with Gasteiger partial charge in [0.25, 0.3) is 0 Å². The smallest absolute Gasteiger partial charge is 0.0929 e. The Bertz CT molecular complexity index is 1610. The molecular formula is C30H23Cl2N3O. The number of hydrogen-bond donors (Lipinski definition) is 1. The SMILES string of the molecule is OC(Cn1nc(-c2ccccc2)cc1-c1ccccc1)Cn1c2ccc(Cl)cc2c2cc(Cl)ccc21. The van der Waals surface area contributed by atoms with Crippen LogP contribution in [0.1, 0.15) is 0 Å². The molecule has 0 saturated carbocycles. The topological polar surface area (TPSA) is 43.0 Å². The molecular weight excluding hydrogens is 489 g/mol. The van der Waals surface area contributed by atoms with Crippen LogP contribution in [-0.2, 0) is 13.1 Å². The Morgan fingerprint density at radius 3 is 1.81 bits per heavy atom. The second-order valence-corrected chi connectivity index (χ2v) is 9.79. The quantitative estimate of drug-likeness (QED) is 0.249. The van der Waals surface area contributed by atoms with Gasteiger partial charge >= 0.3 is 0 Å². The van der Waals surface area contributed by atoms with Gasteiger partial charge in [-0.25, -0.2) is 0 Å². The van der Waals surface area contributed by atoms with Gasteiger partial charge in [0.05, 0.1) is 30.6 Å². The maximum atomic E-state index is 11.3. The van der Waals surface area contributed by atoms with Gasteiger partial charge in [-0.15, -0.1) is 0 Å². The molecule has 0 amide bonds. The van der Waals surface area contributed by atoms with E-state index in [0.29, 0.717) is 23.1 Å². The zero-order valence-electron chi connectivity index (χ0n) is 19.4. The molecule has 1 unspecified atom stereocenters. The molecule has 0 radical (unpaired) electrons. The normalized spacial score (nSPS) is 12.4. The minimum absolute atomic E-state index is 0.347. The summed E-state index contributed by atoms with van der Waals surface area (Å²) in [6.07, 6.45) is -0.679. The van der Waals surface area contributed by atoms with Gasteiger partial charge in [-0.2, -0.15) is 5.10 Å². The van der Waals surface area contributed by atoms with Crippen LogP contribution in [0, 0.1) is 0 Å². The van der Waals surface area contributed by atoms with Crippen LogP contribution in [0.3, 0.4) is 0 Å². The average molecular weight is 512 g/mol. The molecule has 6 rings (SSSR count). The van der Waals surface area contributed by atoms with E-state index < -0.39 is 6.10 Å². The highest BCUT2D eigenvalue weighted by Crippen LogP contribution is 2.33. The summed E-state index contributed by atoms with van der Waals surface area (Å²) in [6, 6.07) is 34.0. The molecule has 1 atom stereocenters. The molecule has 6 aromatic rings. The number of benzene rings is 4. The van der Waals surface area contributed by atoms with E-state index in [1.54, 1.807) is 0 Å². The van der Waals surface area contributed by atoms with Crippen molar-refractivity contribution in [3.8, 4) is 22.5 Å². The van der Waals surface area contributed by atoms with Gasteiger partial charge in [0, 0.05) is 37.4 Å². The van der Waals surface area contributed by atoms with Crippen LogP contribution in [0.2, 0.25) is 10.0 Å². The molecule has 0 aliphatic carbocycles. The summed E-state index contributed by atoms with van der Waals surface area (Å²) < 4.78 is 4.04.